The summed E-state index contributed by atoms with van der Waals surface area (Å²) in [4.78, 5) is 13.6. The van der Waals surface area contributed by atoms with Crippen LogP contribution in [0, 0.1) is 11.8 Å². The molecular formula is C13H23NO. The molecule has 1 amide bonds. The van der Waals surface area contributed by atoms with Crippen LogP contribution in [-0.2, 0) is 4.79 Å². The Labute approximate surface area is 93.0 Å². The third-order valence-electron chi connectivity index (χ3n) is 4.08. The average Bonchev–Trinajstić information content (AvgIpc) is 2.88. The summed E-state index contributed by atoms with van der Waals surface area (Å²) in [6.45, 7) is 4.03. The molecule has 0 aromatic carbocycles. The lowest BCUT2D eigenvalue weighted by Gasteiger charge is -2.17. The highest BCUT2D eigenvalue weighted by Gasteiger charge is 2.28. The Morgan fingerprint density at radius 3 is 2.60 bits per heavy atom. The van der Waals surface area contributed by atoms with Gasteiger partial charge in [-0.3, -0.25) is 4.79 Å². The molecule has 1 heterocycles. The largest absolute Gasteiger partial charge is 0.342 e. The predicted molar refractivity (Wildman–Crippen MR) is 61.6 cm³/mol. The Balaban J connectivity index is 1.74. The minimum atomic E-state index is 0.351. The van der Waals surface area contributed by atoms with Gasteiger partial charge in [-0.05, 0) is 24.7 Å². The lowest BCUT2D eigenvalue weighted by Crippen LogP contribution is -2.27. The van der Waals surface area contributed by atoms with Crippen molar-refractivity contribution in [3.05, 3.63) is 0 Å². The van der Waals surface area contributed by atoms with Crippen molar-refractivity contribution in [1.29, 1.82) is 0 Å². The van der Waals surface area contributed by atoms with Crippen LogP contribution in [0.5, 0.6) is 0 Å². The van der Waals surface area contributed by atoms with E-state index in [9.17, 15) is 4.79 Å². The molecule has 2 heteroatoms. The van der Waals surface area contributed by atoms with Gasteiger partial charge < -0.3 is 4.90 Å². The van der Waals surface area contributed by atoms with Crippen molar-refractivity contribution < 1.29 is 4.79 Å². The van der Waals surface area contributed by atoms with Crippen LogP contribution in [-0.4, -0.2) is 23.9 Å². The first-order valence-corrected chi connectivity index (χ1v) is 6.57. The Morgan fingerprint density at radius 1 is 1.20 bits per heavy atom. The molecule has 1 aliphatic carbocycles. The summed E-state index contributed by atoms with van der Waals surface area (Å²) in [7, 11) is 0. The normalized spacial score (nSPS) is 27.5. The van der Waals surface area contributed by atoms with Crippen molar-refractivity contribution in [2.75, 3.05) is 13.1 Å². The molecule has 86 valence electrons. The van der Waals surface area contributed by atoms with Crippen molar-refractivity contribution in [2.24, 2.45) is 11.8 Å². The quantitative estimate of drug-likeness (QED) is 0.700. The molecule has 0 aromatic heterocycles. The van der Waals surface area contributed by atoms with E-state index in [1.165, 1.54) is 38.5 Å². The number of hydrogen-bond donors (Lipinski definition) is 0. The van der Waals surface area contributed by atoms with Gasteiger partial charge in [-0.2, -0.15) is 0 Å². The zero-order chi connectivity index (χ0) is 10.7. The average molecular weight is 209 g/mol. The molecule has 0 aromatic rings. The van der Waals surface area contributed by atoms with E-state index in [4.69, 9.17) is 0 Å². The van der Waals surface area contributed by atoms with E-state index in [-0.39, 0.29) is 0 Å². The topological polar surface area (TPSA) is 20.3 Å². The smallest absolute Gasteiger partial charge is 0.222 e. The molecule has 1 atom stereocenters. The number of carbonyl (C=O) groups is 1. The Morgan fingerprint density at radius 2 is 1.93 bits per heavy atom. The number of carbonyl (C=O) groups excluding carboxylic acids is 1. The van der Waals surface area contributed by atoms with E-state index in [1.807, 2.05) is 6.92 Å². The van der Waals surface area contributed by atoms with Crippen LogP contribution in [0.2, 0.25) is 0 Å². The summed E-state index contributed by atoms with van der Waals surface area (Å²) in [5.41, 5.74) is 0. The number of amides is 1. The second kappa shape index (κ2) is 5.00. The summed E-state index contributed by atoms with van der Waals surface area (Å²) >= 11 is 0. The summed E-state index contributed by atoms with van der Waals surface area (Å²) in [6, 6.07) is 0. The van der Waals surface area contributed by atoms with E-state index in [2.05, 4.69) is 4.90 Å². The van der Waals surface area contributed by atoms with E-state index >= 15 is 0 Å². The molecule has 0 unspecified atom stereocenters. The molecule has 15 heavy (non-hydrogen) atoms. The second-order valence-electron chi connectivity index (χ2n) is 5.23. The van der Waals surface area contributed by atoms with Crippen molar-refractivity contribution in [3.63, 3.8) is 0 Å². The van der Waals surface area contributed by atoms with Crippen molar-refractivity contribution in [2.45, 2.75) is 51.9 Å². The third-order valence-corrected chi connectivity index (χ3v) is 4.08. The first kappa shape index (κ1) is 11.0. The standard InChI is InChI=1S/C13H23NO/c1-2-13(15)14-8-7-12(10-14)9-11-5-3-4-6-11/h11-12H,2-10H2,1H3/t12-/m1/s1. The van der Waals surface area contributed by atoms with Gasteiger partial charge in [0.2, 0.25) is 5.91 Å². The maximum Gasteiger partial charge on any atom is 0.222 e. The fraction of sp³-hybridized carbons (Fsp3) is 0.923. The van der Waals surface area contributed by atoms with Gasteiger partial charge in [0.15, 0.2) is 0 Å². The van der Waals surface area contributed by atoms with Crippen LogP contribution in [0.4, 0.5) is 0 Å². The lowest BCUT2D eigenvalue weighted by atomic mass is 9.93. The number of rotatable bonds is 3. The molecular weight excluding hydrogens is 186 g/mol. The van der Waals surface area contributed by atoms with E-state index in [1.54, 1.807) is 0 Å². The SMILES string of the molecule is CCC(=O)N1CC[C@H](CC2CCCC2)C1. The zero-order valence-electron chi connectivity index (χ0n) is 9.87. The Hall–Kier alpha value is -0.530. The Bertz CT molecular complexity index is 221. The highest BCUT2D eigenvalue weighted by Crippen LogP contribution is 2.33. The second-order valence-corrected chi connectivity index (χ2v) is 5.23. The molecule has 2 rings (SSSR count). The van der Waals surface area contributed by atoms with Crippen LogP contribution in [0.3, 0.4) is 0 Å². The summed E-state index contributed by atoms with van der Waals surface area (Å²) < 4.78 is 0. The van der Waals surface area contributed by atoms with E-state index in [0.29, 0.717) is 12.3 Å². The van der Waals surface area contributed by atoms with Crippen LogP contribution in [0.1, 0.15) is 51.9 Å². The maximum absolute atomic E-state index is 11.5. The van der Waals surface area contributed by atoms with Crippen molar-refractivity contribution in [1.82, 2.24) is 4.90 Å². The molecule has 1 saturated heterocycles. The Kier molecular flexibility index (Phi) is 3.66. The highest BCUT2D eigenvalue weighted by atomic mass is 16.2. The van der Waals surface area contributed by atoms with Gasteiger partial charge in [0.1, 0.15) is 0 Å². The van der Waals surface area contributed by atoms with Crippen LogP contribution in [0.25, 0.3) is 0 Å². The van der Waals surface area contributed by atoms with Gasteiger partial charge in [0, 0.05) is 19.5 Å². The first-order valence-electron chi connectivity index (χ1n) is 6.57. The number of likely N-dealkylation sites (tertiary alicyclic amines) is 1. The monoisotopic (exact) mass is 209 g/mol. The van der Waals surface area contributed by atoms with Gasteiger partial charge in [-0.1, -0.05) is 32.6 Å². The zero-order valence-corrected chi connectivity index (χ0v) is 9.87. The molecule has 0 N–H and O–H groups in total. The van der Waals surface area contributed by atoms with Gasteiger partial charge >= 0.3 is 0 Å². The molecule has 0 radical (unpaired) electrons. The molecule has 2 nitrogen and oxygen atoms in total. The summed E-state index contributed by atoms with van der Waals surface area (Å²) in [5, 5.41) is 0. The summed E-state index contributed by atoms with van der Waals surface area (Å²) in [6.07, 6.45) is 9.08. The number of hydrogen-bond acceptors (Lipinski definition) is 1. The van der Waals surface area contributed by atoms with Gasteiger partial charge in [-0.15, -0.1) is 0 Å². The molecule has 1 aliphatic heterocycles. The van der Waals surface area contributed by atoms with E-state index in [0.717, 1.165) is 24.9 Å². The molecule has 1 saturated carbocycles. The van der Waals surface area contributed by atoms with Crippen molar-refractivity contribution >= 4 is 5.91 Å². The molecule has 0 bridgehead atoms. The first-order chi connectivity index (χ1) is 7.29. The molecule has 0 spiro atoms. The van der Waals surface area contributed by atoms with Crippen LogP contribution < -0.4 is 0 Å². The van der Waals surface area contributed by atoms with E-state index < -0.39 is 0 Å². The highest BCUT2D eigenvalue weighted by molar-refractivity contribution is 5.76. The van der Waals surface area contributed by atoms with Gasteiger partial charge in [-0.25, -0.2) is 0 Å². The fourth-order valence-electron chi connectivity index (χ4n) is 3.19. The minimum Gasteiger partial charge on any atom is -0.342 e. The lowest BCUT2D eigenvalue weighted by molar-refractivity contribution is -0.129. The van der Waals surface area contributed by atoms with Gasteiger partial charge in [0.25, 0.3) is 0 Å². The summed E-state index contributed by atoms with van der Waals surface area (Å²) in [5.74, 6) is 2.14. The van der Waals surface area contributed by atoms with Crippen LogP contribution in [0.15, 0.2) is 0 Å². The molecule has 2 aliphatic rings. The number of nitrogens with zero attached hydrogens (tertiary/aromatic N) is 1. The predicted octanol–water partition coefficient (Wildman–Crippen LogP) is 2.83. The maximum atomic E-state index is 11.5. The minimum absolute atomic E-state index is 0.351. The van der Waals surface area contributed by atoms with Crippen LogP contribution >= 0.6 is 0 Å². The third kappa shape index (κ3) is 2.73. The van der Waals surface area contributed by atoms with Crippen molar-refractivity contribution in [3.8, 4) is 0 Å². The fourth-order valence-corrected chi connectivity index (χ4v) is 3.19. The molecule has 2 fully saturated rings. The van der Waals surface area contributed by atoms with Gasteiger partial charge in [0.05, 0.1) is 0 Å².